The van der Waals surface area contributed by atoms with Gasteiger partial charge in [-0.3, -0.25) is 14.2 Å². The maximum absolute atomic E-state index is 12.5. The van der Waals surface area contributed by atoms with E-state index in [2.05, 4.69) is 15.0 Å². The average molecular weight is 421 g/mol. The molecule has 30 heavy (non-hydrogen) atoms. The Balaban J connectivity index is 1.61. The molecule has 10 heteroatoms. The Kier molecular flexibility index (Phi) is 5.25. The van der Waals surface area contributed by atoms with Gasteiger partial charge in [0.2, 0.25) is 0 Å². The minimum absolute atomic E-state index is 0.00561. The lowest BCUT2D eigenvalue weighted by molar-refractivity contribution is -0.274. The molecule has 7 nitrogen and oxygen atoms in total. The van der Waals surface area contributed by atoms with Crippen molar-refractivity contribution in [3.8, 4) is 11.4 Å². The Hall–Kier alpha value is -3.27. The number of fused-ring (bicyclic) bond motifs is 1. The van der Waals surface area contributed by atoms with Gasteiger partial charge in [-0.25, -0.2) is 0 Å². The zero-order valence-electron chi connectivity index (χ0n) is 15.7. The van der Waals surface area contributed by atoms with Crippen LogP contribution in [0.2, 0.25) is 0 Å². The van der Waals surface area contributed by atoms with Crippen LogP contribution in [0.4, 0.5) is 13.2 Å². The van der Waals surface area contributed by atoms with Gasteiger partial charge in [0.05, 0.1) is 11.8 Å². The zero-order chi connectivity index (χ0) is 21.3. The smallest absolute Gasteiger partial charge is 0.406 e. The van der Waals surface area contributed by atoms with Gasteiger partial charge in [0, 0.05) is 24.6 Å². The van der Waals surface area contributed by atoms with Gasteiger partial charge in [-0.2, -0.15) is 0 Å². The van der Waals surface area contributed by atoms with Crippen molar-refractivity contribution in [2.45, 2.75) is 25.3 Å². The van der Waals surface area contributed by atoms with Crippen molar-refractivity contribution in [3.63, 3.8) is 0 Å². The summed E-state index contributed by atoms with van der Waals surface area (Å²) in [5, 5.41) is 3.40. The number of alkyl halides is 3. The van der Waals surface area contributed by atoms with E-state index in [4.69, 9.17) is 4.74 Å². The minimum atomic E-state index is -4.80. The lowest BCUT2D eigenvalue weighted by Crippen LogP contribution is -2.31. The summed E-state index contributed by atoms with van der Waals surface area (Å²) < 4.78 is 47.7. The first-order valence-electron chi connectivity index (χ1n) is 9.31. The van der Waals surface area contributed by atoms with Gasteiger partial charge < -0.3 is 19.8 Å². The normalized spacial score (nSPS) is 16.7. The fourth-order valence-corrected chi connectivity index (χ4v) is 3.40. The second-order valence-corrected chi connectivity index (χ2v) is 6.88. The van der Waals surface area contributed by atoms with E-state index >= 15 is 0 Å². The van der Waals surface area contributed by atoms with E-state index in [1.165, 1.54) is 22.8 Å². The first-order valence-corrected chi connectivity index (χ1v) is 9.31. The summed E-state index contributed by atoms with van der Waals surface area (Å²) >= 11 is 0. The highest BCUT2D eigenvalue weighted by Gasteiger charge is 2.31. The summed E-state index contributed by atoms with van der Waals surface area (Å²) in [5.41, 5.74) is 0.544. The Labute approximate surface area is 168 Å². The van der Waals surface area contributed by atoms with Crippen LogP contribution in [0.3, 0.4) is 0 Å². The van der Waals surface area contributed by atoms with Crippen LogP contribution < -0.4 is 15.6 Å². The molecule has 0 aliphatic carbocycles. The van der Waals surface area contributed by atoms with Crippen LogP contribution in [0, 0.1) is 0 Å². The number of halogens is 3. The van der Waals surface area contributed by atoms with Gasteiger partial charge in [-0.05, 0) is 49.2 Å². The molecule has 158 valence electrons. The molecule has 3 heterocycles. The van der Waals surface area contributed by atoms with E-state index in [1.807, 2.05) is 0 Å². The molecular weight excluding hydrogens is 403 g/mol. The Morgan fingerprint density at radius 1 is 1.23 bits per heavy atom. The van der Waals surface area contributed by atoms with Gasteiger partial charge >= 0.3 is 6.36 Å². The number of ether oxygens (including phenoxy) is 2. The van der Waals surface area contributed by atoms with Crippen LogP contribution >= 0.6 is 0 Å². The highest BCUT2D eigenvalue weighted by Crippen LogP contribution is 2.24. The Bertz CT molecular complexity index is 1110. The number of hydrogen-bond donors (Lipinski definition) is 2. The van der Waals surface area contributed by atoms with Gasteiger partial charge in [-0.1, -0.05) is 0 Å². The number of H-pyrrole nitrogens is 1. The first-order chi connectivity index (χ1) is 14.3. The lowest BCUT2D eigenvalue weighted by Gasteiger charge is -2.11. The molecule has 1 aromatic carbocycles. The number of carbonyl (C=O) groups is 1. The number of rotatable bonds is 5. The number of carbonyl (C=O) groups excluding carboxylic acids is 1. The third-order valence-corrected chi connectivity index (χ3v) is 4.76. The minimum Gasteiger partial charge on any atom is -0.406 e. The van der Waals surface area contributed by atoms with Crippen molar-refractivity contribution < 1.29 is 27.4 Å². The zero-order valence-corrected chi connectivity index (χ0v) is 15.7. The molecule has 1 saturated heterocycles. The third-order valence-electron chi connectivity index (χ3n) is 4.76. The molecule has 1 amide bonds. The number of aromatic amines is 1. The molecular formula is C20H18F3N3O4. The van der Waals surface area contributed by atoms with Crippen LogP contribution in [0.25, 0.3) is 16.7 Å². The fourth-order valence-electron chi connectivity index (χ4n) is 3.40. The number of nitrogens with zero attached hydrogens (tertiary/aromatic N) is 1. The highest BCUT2D eigenvalue weighted by atomic mass is 19.4. The van der Waals surface area contributed by atoms with Gasteiger partial charge in [0.15, 0.2) is 0 Å². The van der Waals surface area contributed by atoms with Crippen molar-refractivity contribution in [2.24, 2.45) is 0 Å². The maximum Gasteiger partial charge on any atom is 0.573 e. The van der Waals surface area contributed by atoms with Crippen molar-refractivity contribution in [3.05, 3.63) is 58.5 Å². The van der Waals surface area contributed by atoms with Crippen LogP contribution in [0.1, 0.15) is 23.3 Å². The SMILES string of the molecule is O=C(NCC1CCCO1)c1cc2ccc(=O)n(-c3ccc(OC(F)(F)F)cc3)c2[nH]1. The van der Waals surface area contributed by atoms with Crippen molar-refractivity contribution in [1.82, 2.24) is 14.9 Å². The summed E-state index contributed by atoms with van der Waals surface area (Å²) in [6, 6.07) is 9.41. The van der Waals surface area contributed by atoms with Crippen molar-refractivity contribution in [2.75, 3.05) is 13.2 Å². The topological polar surface area (TPSA) is 85.3 Å². The molecule has 1 aliphatic heterocycles. The van der Waals surface area contributed by atoms with E-state index in [0.717, 1.165) is 25.0 Å². The Morgan fingerprint density at radius 3 is 2.67 bits per heavy atom. The maximum atomic E-state index is 12.5. The van der Waals surface area contributed by atoms with E-state index in [9.17, 15) is 22.8 Å². The molecule has 2 N–H and O–H groups in total. The summed E-state index contributed by atoms with van der Waals surface area (Å²) in [6.07, 6.45) is -2.95. The van der Waals surface area contributed by atoms with E-state index in [-0.39, 0.29) is 17.7 Å². The van der Waals surface area contributed by atoms with Crippen LogP contribution in [0.5, 0.6) is 5.75 Å². The molecule has 3 aromatic rings. The average Bonchev–Trinajstić information content (AvgIpc) is 3.35. The molecule has 0 saturated carbocycles. The molecule has 1 unspecified atom stereocenters. The molecule has 0 radical (unpaired) electrons. The highest BCUT2D eigenvalue weighted by molar-refractivity contribution is 5.97. The monoisotopic (exact) mass is 421 g/mol. The number of nitrogens with one attached hydrogen (secondary N) is 2. The predicted molar refractivity (Wildman–Crippen MR) is 102 cm³/mol. The van der Waals surface area contributed by atoms with Crippen LogP contribution in [-0.4, -0.2) is 41.1 Å². The second kappa shape index (κ2) is 7.86. The van der Waals surface area contributed by atoms with Gasteiger partial charge in [0.1, 0.15) is 17.1 Å². The first kappa shape index (κ1) is 20.0. The number of pyridine rings is 1. The largest absolute Gasteiger partial charge is 0.573 e. The number of amides is 1. The molecule has 2 aromatic heterocycles. The summed E-state index contributed by atoms with van der Waals surface area (Å²) in [4.78, 5) is 27.8. The quantitative estimate of drug-likeness (QED) is 0.663. The Morgan fingerprint density at radius 2 is 2.00 bits per heavy atom. The summed E-state index contributed by atoms with van der Waals surface area (Å²) in [5.74, 6) is -0.734. The van der Waals surface area contributed by atoms with Crippen molar-refractivity contribution in [1.29, 1.82) is 0 Å². The van der Waals surface area contributed by atoms with E-state index < -0.39 is 17.7 Å². The number of hydrogen-bond acceptors (Lipinski definition) is 4. The molecule has 0 bridgehead atoms. The molecule has 1 fully saturated rings. The van der Waals surface area contributed by atoms with Gasteiger partial charge in [-0.15, -0.1) is 13.2 Å². The van der Waals surface area contributed by atoms with Crippen LogP contribution in [-0.2, 0) is 4.74 Å². The van der Waals surface area contributed by atoms with Crippen molar-refractivity contribution >= 4 is 16.9 Å². The number of aromatic nitrogens is 2. The molecule has 1 aliphatic rings. The summed E-state index contributed by atoms with van der Waals surface area (Å²) in [7, 11) is 0. The van der Waals surface area contributed by atoms with E-state index in [1.54, 1.807) is 12.1 Å². The predicted octanol–water partition coefficient (Wildman–Crippen LogP) is 3.13. The van der Waals surface area contributed by atoms with Crippen LogP contribution in [0.15, 0.2) is 47.3 Å². The number of benzene rings is 1. The fraction of sp³-hybridized carbons (Fsp3) is 0.300. The standard InChI is InChI=1S/C20H18F3N3O4/c21-20(22,23)30-14-6-4-13(5-7-14)26-17(27)8-3-12-10-16(25-18(12)26)19(28)24-11-15-2-1-9-29-15/h3-8,10,15,25H,1-2,9,11H2,(H,24,28). The molecule has 1 atom stereocenters. The lowest BCUT2D eigenvalue weighted by atomic mass is 10.2. The molecule has 4 rings (SSSR count). The second-order valence-electron chi connectivity index (χ2n) is 6.88. The third kappa shape index (κ3) is 4.33. The molecule has 0 spiro atoms. The van der Waals surface area contributed by atoms with E-state index in [0.29, 0.717) is 29.9 Å². The van der Waals surface area contributed by atoms with Gasteiger partial charge in [0.25, 0.3) is 11.5 Å². The summed E-state index contributed by atoms with van der Waals surface area (Å²) in [6.45, 7) is 1.08.